The summed E-state index contributed by atoms with van der Waals surface area (Å²) in [6, 6.07) is 20.9. The fourth-order valence-electron chi connectivity index (χ4n) is 4.78. The van der Waals surface area contributed by atoms with Gasteiger partial charge in [-0.15, -0.1) is 0 Å². The van der Waals surface area contributed by atoms with Crippen LogP contribution < -0.4 is 15.1 Å². The van der Waals surface area contributed by atoms with Gasteiger partial charge in [-0.05, 0) is 48.4 Å². The number of aryl methyl sites for hydroxylation is 1. The molecule has 1 aliphatic rings. The number of hydrogen-bond donors (Lipinski definition) is 0. The zero-order valence-corrected chi connectivity index (χ0v) is 22.5. The summed E-state index contributed by atoms with van der Waals surface area (Å²) in [5.74, 6) is -0.149. The molecule has 39 heavy (non-hydrogen) atoms. The summed E-state index contributed by atoms with van der Waals surface area (Å²) >= 11 is 7.30. The third-order valence-electron chi connectivity index (χ3n) is 6.57. The SMILES string of the molecule is CC(=O)c1sc(N2C(=O)c3oc4ccc(Cl)cc4c(=O)c3C2c2cccc(OCc3ccccc3)c2)nc1C. The second-order valence-corrected chi connectivity index (χ2v) is 10.6. The molecule has 7 nitrogen and oxygen atoms in total. The van der Waals surface area contributed by atoms with E-state index in [1.807, 2.05) is 48.5 Å². The van der Waals surface area contributed by atoms with Crippen LogP contribution in [0.5, 0.6) is 5.75 Å². The molecule has 1 unspecified atom stereocenters. The molecule has 0 saturated carbocycles. The Bertz CT molecular complexity index is 1830. The highest BCUT2D eigenvalue weighted by atomic mass is 35.5. The van der Waals surface area contributed by atoms with Crippen molar-refractivity contribution in [1.82, 2.24) is 4.98 Å². The van der Waals surface area contributed by atoms with E-state index < -0.39 is 11.9 Å². The number of hydrogen-bond acceptors (Lipinski definition) is 7. The van der Waals surface area contributed by atoms with Crippen LogP contribution in [-0.4, -0.2) is 16.7 Å². The van der Waals surface area contributed by atoms with Gasteiger partial charge in [0.1, 0.15) is 17.9 Å². The number of ether oxygens (including phenoxy) is 1. The van der Waals surface area contributed by atoms with Crippen molar-refractivity contribution in [3.63, 3.8) is 0 Å². The van der Waals surface area contributed by atoms with Crippen molar-refractivity contribution in [3.8, 4) is 5.75 Å². The Balaban J connectivity index is 1.51. The van der Waals surface area contributed by atoms with Crippen molar-refractivity contribution in [2.45, 2.75) is 26.5 Å². The van der Waals surface area contributed by atoms with E-state index in [0.29, 0.717) is 38.6 Å². The Labute approximate surface area is 232 Å². The van der Waals surface area contributed by atoms with Crippen LogP contribution in [0.2, 0.25) is 5.02 Å². The summed E-state index contributed by atoms with van der Waals surface area (Å²) in [5, 5.41) is 0.957. The van der Waals surface area contributed by atoms with Crippen LogP contribution >= 0.6 is 22.9 Å². The molecule has 0 aliphatic carbocycles. The maximum absolute atomic E-state index is 13.9. The molecule has 0 fully saturated rings. The topological polar surface area (TPSA) is 89.7 Å². The maximum atomic E-state index is 13.9. The second-order valence-electron chi connectivity index (χ2n) is 9.21. The minimum atomic E-state index is -0.849. The molecule has 0 bridgehead atoms. The molecule has 6 rings (SSSR count). The molecular weight excluding hydrogens is 536 g/mol. The van der Waals surface area contributed by atoms with Crippen LogP contribution in [0, 0.1) is 6.92 Å². The summed E-state index contributed by atoms with van der Waals surface area (Å²) in [5.41, 5.74) is 2.25. The van der Waals surface area contributed by atoms with Crippen LogP contribution in [0.15, 0.2) is 82.0 Å². The summed E-state index contributed by atoms with van der Waals surface area (Å²) in [4.78, 5) is 46.3. The third-order valence-corrected chi connectivity index (χ3v) is 8.06. The number of anilines is 1. The summed E-state index contributed by atoms with van der Waals surface area (Å²) in [6.07, 6.45) is 0. The number of benzene rings is 3. The highest BCUT2D eigenvalue weighted by Gasteiger charge is 2.45. The molecule has 194 valence electrons. The zero-order chi connectivity index (χ0) is 27.3. The first kappa shape index (κ1) is 25.0. The van der Waals surface area contributed by atoms with Crippen LogP contribution in [0.4, 0.5) is 5.13 Å². The highest BCUT2D eigenvalue weighted by molar-refractivity contribution is 7.17. The van der Waals surface area contributed by atoms with E-state index in [1.54, 1.807) is 25.1 Å². The van der Waals surface area contributed by atoms with E-state index in [2.05, 4.69) is 4.98 Å². The predicted molar refractivity (Wildman–Crippen MR) is 150 cm³/mol. The summed E-state index contributed by atoms with van der Waals surface area (Å²) < 4.78 is 12.0. The number of ketones is 1. The van der Waals surface area contributed by atoms with Gasteiger partial charge in [0, 0.05) is 11.9 Å². The van der Waals surface area contributed by atoms with Crippen molar-refractivity contribution in [3.05, 3.63) is 121 Å². The number of thiazole rings is 1. The predicted octanol–water partition coefficient (Wildman–Crippen LogP) is 6.74. The lowest BCUT2D eigenvalue weighted by Crippen LogP contribution is -2.29. The van der Waals surface area contributed by atoms with E-state index in [-0.39, 0.29) is 33.5 Å². The van der Waals surface area contributed by atoms with Crippen molar-refractivity contribution in [2.24, 2.45) is 0 Å². The van der Waals surface area contributed by atoms with Crippen LogP contribution in [0.3, 0.4) is 0 Å². The van der Waals surface area contributed by atoms with Crippen molar-refractivity contribution < 1.29 is 18.7 Å². The third kappa shape index (κ3) is 4.41. The van der Waals surface area contributed by atoms with Gasteiger partial charge in [0.15, 0.2) is 16.3 Å². The Morgan fingerprint density at radius 2 is 1.87 bits per heavy atom. The first-order valence-electron chi connectivity index (χ1n) is 12.2. The number of carbonyl (C=O) groups excluding carboxylic acids is 2. The van der Waals surface area contributed by atoms with Gasteiger partial charge < -0.3 is 9.15 Å². The zero-order valence-electron chi connectivity index (χ0n) is 20.9. The van der Waals surface area contributed by atoms with Crippen LogP contribution in [-0.2, 0) is 6.61 Å². The molecule has 1 amide bonds. The molecule has 0 N–H and O–H groups in total. The standard InChI is InChI=1S/C30H21ClN2O5S/c1-16-28(17(2)34)39-30(32-16)33-25(19-9-6-10-21(13-19)37-15-18-7-4-3-5-8-18)24-26(35)22-14-20(31)11-12-23(22)38-27(24)29(33)36/h3-14,25H,15H2,1-2H3. The number of nitrogens with zero attached hydrogens (tertiary/aromatic N) is 2. The smallest absolute Gasteiger partial charge is 0.297 e. The minimum absolute atomic E-state index is 0.0624. The van der Waals surface area contributed by atoms with Crippen molar-refractivity contribution in [1.29, 1.82) is 0 Å². The quantitative estimate of drug-likeness (QED) is 0.215. The van der Waals surface area contributed by atoms with Gasteiger partial charge in [0.05, 0.1) is 27.6 Å². The molecule has 3 aromatic carbocycles. The van der Waals surface area contributed by atoms with Crippen molar-refractivity contribution >= 4 is 50.7 Å². The Hall–Kier alpha value is -4.27. The molecule has 1 atom stereocenters. The van der Waals surface area contributed by atoms with Gasteiger partial charge in [-0.25, -0.2) is 4.98 Å². The van der Waals surface area contributed by atoms with Gasteiger partial charge in [0.2, 0.25) is 5.76 Å². The molecule has 2 aromatic heterocycles. The first-order chi connectivity index (χ1) is 18.8. The normalized spacial score (nSPS) is 14.6. The Kier molecular flexibility index (Phi) is 6.29. The highest BCUT2D eigenvalue weighted by Crippen LogP contribution is 2.43. The summed E-state index contributed by atoms with van der Waals surface area (Å²) in [7, 11) is 0. The second kappa shape index (κ2) is 9.80. The van der Waals surface area contributed by atoms with Crippen molar-refractivity contribution in [2.75, 3.05) is 4.90 Å². The van der Waals surface area contributed by atoms with E-state index in [1.165, 1.54) is 17.9 Å². The number of rotatable bonds is 6. The van der Waals surface area contributed by atoms with E-state index >= 15 is 0 Å². The van der Waals surface area contributed by atoms with Crippen LogP contribution in [0.1, 0.15) is 55.6 Å². The number of fused-ring (bicyclic) bond motifs is 2. The molecular formula is C30H21ClN2O5S. The Morgan fingerprint density at radius 3 is 2.62 bits per heavy atom. The molecule has 9 heteroatoms. The number of aromatic nitrogens is 1. The molecule has 3 heterocycles. The molecule has 0 radical (unpaired) electrons. The van der Waals surface area contributed by atoms with Gasteiger partial charge in [-0.1, -0.05) is 65.4 Å². The largest absolute Gasteiger partial charge is 0.489 e. The monoisotopic (exact) mass is 556 g/mol. The van der Waals surface area contributed by atoms with E-state index in [9.17, 15) is 14.4 Å². The number of carbonyl (C=O) groups is 2. The lowest BCUT2D eigenvalue weighted by molar-refractivity contribution is 0.0969. The summed E-state index contributed by atoms with van der Waals surface area (Å²) in [6.45, 7) is 3.53. The lowest BCUT2D eigenvalue weighted by atomic mass is 9.98. The average Bonchev–Trinajstić information content (AvgIpc) is 3.46. The number of Topliss-reactive ketones (excluding diaryl/α,β-unsaturated/α-hetero) is 1. The van der Waals surface area contributed by atoms with Gasteiger partial charge >= 0.3 is 0 Å². The van der Waals surface area contributed by atoms with Gasteiger partial charge in [0.25, 0.3) is 5.91 Å². The van der Waals surface area contributed by atoms with Gasteiger partial charge in [-0.3, -0.25) is 19.3 Å². The van der Waals surface area contributed by atoms with E-state index in [4.69, 9.17) is 20.8 Å². The molecule has 0 saturated heterocycles. The number of halogens is 1. The maximum Gasteiger partial charge on any atom is 0.297 e. The fourth-order valence-corrected chi connectivity index (χ4v) is 5.95. The number of amides is 1. The minimum Gasteiger partial charge on any atom is -0.489 e. The fraction of sp³-hybridized carbons (Fsp3) is 0.133. The van der Waals surface area contributed by atoms with Crippen LogP contribution in [0.25, 0.3) is 11.0 Å². The molecule has 1 aliphatic heterocycles. The average molecular weight is 557 g/mol. The first-order valence-corrected chi connectivity index (χ1v) is 13.4. The molecule has 5 aromatic rings. The Morgan fingerprint density at radius 1 is 1.08 bits per heavy atom. The molecule has 0 spiro atoms. The van der Waals surface area contributed by atoms with E-state index in [0.717, 1.165) is 16.9 Å². The lowest BCUT2D eigenvalue weighted by Gasteiger charge is -2.23. The van der Waals surface area contributed by atoms with Gasteiger partial charge in [-0.2, -0.15) is 0 Å².